The number of rotatable bonds is 1. The first kappa shape index (κ1) is 8.69. The van der Waals surface area contributed by atoms with Crippen molar-refractivity contribution >= 4 is 21.8 Å². The van der Waals surface area contributed by atoms with Crippen molar-refractivity contribution < 1.29 is 4.79 Å². The standard InChI is InChI=1S/C9H9BrN2O/c10-8-7(9(11)13)6-3-1-2-5(6)4-12-8/h4H,1-3H2,(H2,11,13). The zero-order valence-electron chi connectivity index (χ0n) is 7.01. The van der Waals surface area contributed by atoms with Crippen LogP contribution in [0.5, 0.6) is 0 Å². The van der Waals surface area contributed by atoms with Crippen LogP contribution >= 0.6 is 15.9 Å². The molecule has 0 aromatic carbocycles. The molecular formula is C9H9BrN2O. The van der Waals surface area contributed by atoms with Crippen molar-refractivity contribution in [2.24, 2.45) is 5.73 Å². The molecule has 0 spiro atoms. The number of hydrogen-bond donors (Lipinski definition) is 1. The number of carbonyl (C=O) groups excluding carboxylic acids is 1. The van der Waals surface area contributed by atoms with Gasteiger partial charge in [-0.05, 0) is 46.3 Å². The van der Waals surface area contributed by atoms with Crippen molar-refractivity contribution in [1.29, 1.82) is 0 Å². The van der Waals surface area contributed by atoms with Gasteiger partial charge in [0.25, 0.3) is 5.91 Å². The Hall–Kier alpha value is -0.900. The molecule has 1 aromatic rings. The summed E-state index contributed by atoms with van der Waals surface area (Å²) < 4.78 is 0.570. The number of nitrogens with zero attached hydrogens (tertiary/aromatic N) is 1. The number of primary amides is 1. The summed E-state index contributed by atoms with van der Waals surface area (Å²) in [4.78, 5) is 15.2. The van der Waals surface area contributed by atoms with Crippen LogP contribution in [0.3, 0.4) is 0 Å². The summed E-state index contributed by atoms with van der Waals surface area (Å²) in [5.74, 6) is -0.391. The fourth-order valence-electron chi connectivity index (χ4n) is 1.77. The summed E-state index contributed by atoms with van der Waals surface area (Å²) in [5.41, 5.74) is 8.09. The zero-order valence-corrected chi connectivity index (χ0v) is 8.60. The zero-order chi connectivity index (χ0) is 9.42. The number of aromatic nitrogens is 1. The second-order valence-corrected chi connectivity index (χ2v) is 3.90. The second kappa shape index (κ2) is 3.10. The first-order chi connectivity index (χ1) is 6.20. The van der Waals surface area contributed by atoms with E-state index in [1.54, 1.807) is 0 Å². The number of fused-ring (bicyclic) bond motifs is 1. The Morgan fingerprint density at radius 3 is 3.00 bits per heavy atom. The van der Waals surface area contributed by atoms with Gasteiger partial charge in [-0.3, -0.25) is 4.79 Å². The Labute approximate surface area is 84.5 Å². The van der Waals surface area contributed by atoms with Gasteiger partial charge >= 0.3 is 0 Å². The summed E-state index contributed by atoms with van der Waals surface area (Å²) in [5, 5.41) is 0. The number of hydrogen-bond acceptors (Lipinski definition) is 2. The highest BCUT2D eigenvalue weighted by Crippen LogP contribution is 2.28. The average Bonchev–Trinajstić information content (AvgIpc) is 2.50. The van der Waals surface area contributed by atoms with Crippen LogP contribution in [-0.2, 0) is 12.8 Å². The minimum absolute atomic E-state index is 0.391. The van der Waals surface area contributed by atoms with E-state index in [1.165, 1.54) is 0 Å². The van der Waals surface area contributed by atoms with Gasteiger partial charge in [0.2, 0.25) is 0 Å². The van der Waals surface area contributed by atoms with Crippen molar-refractivity contribution in [3.63, 3.8) is 0 Å². The molecule has 0 unspecified atom stereocenters. The lowest BCUT2D eigenvalue weighted by molar-refractivity contribution is 0.0998. The summed E-state index contributed by atoms with van der Waals surface area (Å²) in [7, 11) is 0. The topological polar surface area (TPSA) is 56.0 Å². The first-order valence-corrected chi connectivity index (χ1v) is 4.95. The molecule has 1 aromatic heterocycles. The third-order valence-corrected chi connectivity index (χ3v) is 2.95. The van der Waals surface area contributed by atoms with E-state index in [-0.39, 0.29) is 0 Å². The normalized spacial score (nSPS) is 14.2. The average molecular weight is 241 g/mol. The molecule has 1 heterocycles. The quantitative estimate of drug-likeness (QED) is 0.756. The lowest BCUT2D eigenvalue weighted by Crippen LogP contribution is -2.15. The van der Waals surface area contributed by atoms with Gasteiger partial charge < -0.3 is 5.73 Å². The van der Waals surface area contributed by atoms with Crippen molar-refractivity contribution in [2.75, 3.05) is 0 Å². The lowest BCUT2D eigenvalue weighted by atomic mass is 10.1. The van der Waals surface area contributed by atoms with E-state index in [1.807, 2.05) is 6.20 Å². The minimum atomic E-state index is -0.391. The highest BCUT2D eigenvalue weighted by atomic mass is 79.9. The maximum atomic E-state index is 11.1. The molecule has 1 amide bonds. The summed E-state index contributed by atoms with van der Waals surface area (Å²) in [6.45, 7) is 0. The van der Waals surface area contributed by atoms with Gasteiger partial charge in [0, 0.05) is 6.20 Å². The maximum absolute atomic E-state index is 11.1. The van der Waals surface area contributed by atoms with Crippen LogP contribution in [0.1, 0.15) is 27.9 Å². The van der Waals surface area contributed by atoms with Crippen LogP contribution in [-0.4, -0.2) is 10.9 Å². The van der Waals surface area contributed by atoms with Crippen LogP contribution in [0, 0.1) is 0 Å². The first-order valence-electron chi connectivity index (χ1n) is 4.16. The van der Waals surface area contributed by atoms with E-state index >= 15 is 0 Å². The molecular weight excluding hydrogens is 232 g/mol. The predicted molar refractivity (Wildman–Crippen MR) is 52.5 cm³/mol. The molecule has 0 saturated heterocycles. The van der Waals surface area contributed by atoms with E-state index in [9.17, 15) is 4.79 Å². The fourth-order valence-corrected chi connectivity index (χ4v) is 2.31. The molecule has 0 bridgehead atoms. The van der Waals surface area contributed by atoms with Gasteiger partial charge in [0.1, 0.15) is 4.60 Å². The second-order valence-electron chi connectivity index (χ2n) is 3.15. The van der Waals surface area contributed by atoms with Crippen LogP contribution in [0.15, 0.2) is 10.8 Å². The molecule has 1 aliphatic rings. The molecule has 68 valence electrons. The molecule has 2 N–H and O–H groups in total. The third-order valence-electron chi connectivity index (χ3n) is 2.35. The number of pyridine rings is 1. The Morgan fingerprint density at radius 1 is 1.54 bits per heavy atom. The van der Waals surface area contributed by atoms with Gasteiger partial charge in [-0.25, -0.2) is 4.98 Å². The van der Waals surface area contributed by atoms with E-state index in [4.69, 9.17) is 5.73 Å². The van der Waals surface area contributed by atoms with Crippen LogP contribution < -0.4 is 5.73 Å². The van der Waals surface area contributed by atoms with Crippen molar-refractivity contribution in [3.05, 3.63) is 27.5 Å². The molecule has 2 rings (SSSR count). The largest absolute Gasteiger partial charge is 0.366 e. The monoisotopic (exact) mass is 240 g/mol. The SMILES string of the molecule is NC(=O)c1c(Br)ncc2c1CCC2. The number of nitrogens with two attached hydrogens (primary N) is 1. The van der Waals surface area contributed by atoms with Crippen molar-refractivity contribution in [2.45, 2.75) is 19.3 Å². The molecule has 13 heavy (non-hydrogen) atoms. The van der Waals surface area contributed by atoms with E-state index < -0.39 is 5.91 Å². The van der Waals surface area contributed by atoms with Crippen molar-refractivity contribution in [3.8, 4) is 0 Å². The summed E-state index contributed by atoms with van der Waals surface area (Å²) in [6, 6.07) is 0. The highest BCUT2D eigenvalue weighted by Gasteiger charge is 2.20. The third kappa shape index (κ3) is 1.35. The number of aryl methyl sites for hydroxylation is 1. The van der Waals surface area contributed by atoms with Gasteiger partial charge in [-0.15, -0.1) is 0 Å². The highest BCUT2D eigenvalue weighted by molar-refractivity contribution is 9.10. The Morgan fingerprint density at radius 2 is 2.31 bits per heavy atom. The van der Waals surface area contributed by atoms with Crippen molar-refractivity contribution in [1.82, 2.24) is 4.98 Å². The molecule has 0 aliphatic heterocycles. The van der Waals surface area contributed by atoms with Gasteiger partial charge in [-0.1, -0.05) is 0 Å². The molecule has 1 aliphatic carbocycles. The van der Waals surface area contributed by atoms with Gasteiger partial charge in [-0.2, -0.15) is 0 Å². The molecule has 4 heteroatoms. The Balaban J connectivity index is 2.65. The Bertz CT molecular complexity index is 376. The molecule has 0 saturated carbocycles. The lowest BCUT2D eigenvalue weighted by Gasteiger charge is -2.05. The fraction of sp³-hybridized carbons (Fsp3) is 0.333. The smallest absolute Gasteiger partial charge is 0.251 e. The molecule has 3 nitrogen and oxygen atoms in total. The van der Waals surface area contributed by atoms with Crippen LogP contribution in [0.25, 0.3) is 0 Å². The van der Waals surface area contributed by atoms with Gasteiger partial charge in [0.15, 0.2) is 0 Å². The van der Waals surface area contributed by atoms with E-state index in [0.717, 1.165) is 30.4 Å². The number of amides is 1. The summed E-state index contributed by atoms with van der Waals surface area (Å²) >= 11 is 3.24. The predicted octanol–water partition coefficient (Wildman–Crippen LogP) is 1.43. The van der Waals surface area contributed by atoms with E-state index in [2.05, 4.69) is 20.9 Å². The molecule has 0 radical (unpaired) electrons. The number of carbonyl (C=O) groups is 1. The van der Waals surface area contributed by atoms with Crippen LogP contribution in [0.2, 0.25) is 0 Å². The minimum Gasteiger partial charge on any atom is -0.366 e. The van der Waals surface area contributed by atoms with E-state index in [0.29, 0.717) is 10.2 Å². The molecule has 0 fully saturated rings. The Kier molecular flexibility index (Phi) is 2.07. The number of halogens is 1. The maximum Gasteiger partial charge on any atom is 0.251 e. The van der Waals surface area contributed by atoms with Gasteiger partial charge in [0.05, 0.1) is 5.56 Å². The summed E-state index contributed by atoms with van der Waals surface area (Å²) in [6.07, 6.45) is 4.86. The van der Waals surface area contributed by atoms with Crippen LogP contribution in [0.4, 0.5) is 0 Å². The molecule has 0 atom stereocenters.